The highest BCUT2D eigenvalue weighted by atomic mass is 15.3. The first-order chi connectivity index (χ1) is 6.76. The van der Waals surface area contributed by atoms with Crippen LogP contribution in [-0.2, 0) is 13.0 Å². The van der Waals surface area contributed by atoms with Gasteiger partial charge < -0.3 is 0 Å². The van der Waals surface area contributed by atoms with Crippen molar-refractivity contribution in [2.24, 2.45) is 5.84 Å². The molecule has 1 unspecified atom stereocenters. The van der Waals surface area contributed by atoms with Gasteiger partial charge >= 0.3 is 0 Å². The number of hydrogen-bond acceptors (Lipinski definition) is 3. The van der Waals surface area contributed by atoms with Gasteiger partial charge in [0.1, 0.15) is 6.04 Å². The second-order valence-electron chi connectivity index (χ2n) is 3.00. The van der Waals surface area contributed by atoms with Crippen LogP contribution in [0.4, 0.5) is 0 Å². The molecule has 1 aromatic heterocycles. The average molecular weight is 192 g/mol. The molecule has 0 aromatic carbocycles. The van der Waals surface area contributed by atoms with Crippen molar-refractivity contribution in [3.63, 3.8) is 0 Å². The fourth-order valence-electron chi connectivity index (χ4n) is 1.36. The highest BCUT2D eigenvalue weighted by Gasteiger charge is 2.13. The van der Waals surface area contributed by atoms with E-state index in [1.807, 2.05) is 17.7 Å². The topological polar surface area (TPSA) is 55.9 Å². The number of nitrogens with one attached hydrogen (secondary N) is 1. The number of rotatable bonds is 4. The van der Waals surface area contributed by atoms with Crippen molar-refractivity contribution < 1.29 is 0 Å². The Hall–Kier alpha value is -1.31. The summed E-state index contributed by atoms with van der Waals surface area (Å²) >= 11 is 0. The molecule has 0 fully saturated rings. The van der Waals surface area contributed by atoms with Gasteiger partial charge in [-0.05, 0) is 19.4 Å². The van der Waals surface area contributed by atoms with Crippen molar-refractivity contribution >= 4 is 0 Å². The van der Waals surface area contributed by atoms with Gasteiger partial charge in [0.05, 0.1) is 11.4 Å². The van der Waals surface area contributed by atoms with E-state index in [0.717, 1.165) is 24.4 Å². The number of aryl methyl sites for hydroxylation is 2. The first kappa shape index (κ1) is 10.8. The molecule has 1 rings (SSSR count). The summed E-state index contributed by atoms with van der Waals surface area (Å²) in [6.07, 6.45) is 6.26. The molecule has 0 saturated carbocycles. The zero-order valence-corrected chi connectivity index (χ0v) is 8.62. The smallest absolute Gasteiger partial charge is 0.123 e. The summed E-state index contributed by atoms with van der Waals surface area (Å²) in [5, 5.41) is 4.39. The fraction of sp³-hybridized carbons (Fsp3) is 0.500. The van der Waals surface area contributed by atoms with Crippen molar-refractivity contribution in [2.75, 3.05) is 0 Å². The lowest BCUT2D eigenvalue weighted by molar-refractivity contribution is 0.559. The Morgan fingerprint density at radius 3 is 2.86 bits per heavy atom. The van der Waals surface area contributed by atoms with E-state index in [-0.39, 0.29) is 6.04 Å². The van der Waals surface area contributed by atoms with E-state index in [2.05, 4.69) is 23.4 Å². The maximum Gasteiger partial charge on any atom is 0.123 e. The Kier molecular flexibility index (Phi) is 3.69. The van der Waals surface area contributed by atoms with Gasteiger partial charge in [-0.2, -0.15) is 5.10 Å². The Labute approximate surface area is 84.5 Å². The number of aromatic nitrogens is 2. The Bertz CT molecular complexity index is 334. The molecule has 0 aliphatic carbocycles. The van der Waals surface area contributed by atoms with Gasteiger partial charge in [-0.25, -0.2) is 5.43 Å². The van der Waals surface area contributed by atoms with Crippen LogP contribution >= 0.6 is 0 Å². The standard InChI is InChI=1S/C10H16N4/c1-4-8-7-10(9(5-2)12-11)14(6-3)13-8/h2,7,9,12H,4,6,11H2,1,3H3. The zero-order valence-electron chi connectivity index (χ0n) is 8.62. The van der Waals surface area contributed by atoms with Crippen LogP contribution in [0.5, 0.6) is 0 Å². The second-order valence-corrected chi connectivity index (χ2v) is 3.00. The number of nitrogens with zero attached hydrogens (tertiary/aromatic N) is 2. The molecule has 0 bridgehead atoms. The molecule has 0 aliphatic heterocycles. The summed E-state index contributed by atoms with van der Waals surface area (Å²) in [6.45, 7) is 4.89. The largest absolute Gasteiger partial charge is 0.270 e. The molecule has 3 N–H and O–H groups in total. The predicted molar refractivity (Wildman–Crippen MR) is 56.2 cm³/mol. The van der Waals surface area contributed by atoms with Gasteiger partial charge in [-0.3, -0.25) is 10.5 Å². The lowest BCUT2D eigenvalue weighted by atomic mass is 10.2. The van der Waals surface area contributed by atoms with E-state index in [9.17, 15) is 0 Å². The zero-order chi connectivity index (χ0) is 10.6. The number of hydrazine groups is 1. The molecule has 0 spiro atoms. The molecular weight excluding hydrogens is 176 g/mol. The van der Waals surface area contributed by atoms with Crippen molar-refractivity contribution in [3.8, 4) is 12.3 Å². The summed E-state index contributed by atoms with van der Waals surface area (Å²) in [4.78, 5) is 0. The highest BCUT2D eigenvalue weighted by molar-refractivity contribution is 5.21. The molecule has 1 aromatic rings. The third kappa shape index (κ3) is 1.95. The second kappa shape index (κ2) is 4.80. The SMILES string of the molecule is C#CC(NN)c1cc(CC)nn1CC. The fourth-order valence-corrected chi connectivity index (χ4v) is 1.36. The molecule has 14 heavy (non-hydrogen) atoms. The van der Waals surface area contributed by atoms with Gasteiger partial charge in [-0.15, -0.1) is 6.42 Å². The monoisotopic (exact) mass is 192 g/mol. The van der Waals surface area contributed by atoms with E-state index < -0.39 is 0 Å². The molecule has 1 atom stereocenters. The van der Waals surface area contributed by atoms with Crippen LogP contribution in [0.3, 0.4) is 0 Å². The van der Waals surface area contributed by atoms with Crippen LogP contribution in [-0.4, -0.2) is 9.78 Å². The summed E-state index contributed by atoms with van der Waals surface area (Å²) in [5.74, 6) is 7.94. The van der Waals surface area contributed by atoms with E-state index in [1.54, 1.807) is 0 Å². The van der Waals surface area contributed by atoms with Crippen LogP contribution in [0.2, 0.25) is 0 Å². The summed E-state index contributed by atoms with van der Waals surface area (Å²) in [7, 11) is 0. The first-order valence-electron chi connectivity index (χ1n) is 4.75. The van der Waals surface area contributed by atoms with Gasteiger partial charge in [0, 0.05) is 6.54 Å². The molecule has 4 nitrogen and oxygen atoms in total. The van der Waals surface area contributed by atoms with Crippen LogP contribution < -0.4 is 11.3 Å². The van der Waals surface area contributed by atoms with Crippen LogP contribution in [0, 0.1) is 12.3 Å². The van der Waals surface area contributed by atoms with Gasteiger partial charge in [-0.1, -0.05) is 12.8 Å². The summed E-state index contributed by atoms with van der Waals surface area (Å²) in [5.41, 5.74) is 4.58. The highest BCUT2D eigenvalue weighted by Crippen LogP contribution is 2.13. The molecule has 0 radical (unpaired) electrons. The minimum atomic E-state index is -0.261. The number of hydrogen-bond donors (Lipinski definition) is 2. The molecule has 1 heterocycles. The molecule has 0 amide bonds. The third-order valence-corrected chi connectivity index (χ3v) is 2.15. The summed E-state index contributed by atoms with van der Waals surface area (Å²) in [6, 6.07) is 1.73. The van der Waals surface area contributed by atoms with Gasteiger partial charge in [0.2, 0.25) is 0 Å². The Balaban J connectivity index is 3.05. The molecule has 76 valence electrons. The quantitative estimate of drug-likeness (QED) is 0.417. The minimum Gasteiger partial charge on any atom is -0.270 e. The van der Waals surface area contributed by atoms with Crippen molar-refractivity contribution in [1.82, 2.24) is 15.2 Å². The summed E-state index contributed by atoms with van der Waals surface area (Å²) < 4.78 is 1.88. The lowest BCUT2D eigenvalue weighted by Crippen LogP contribution is -2.28. The number of terminal acetylenes is 1. The number of nitrogens with two attached hydrogens (primary N) is 1. The minimum absolute atomic E-state index is 0.261. The lowest BCUT2D eigenvalue weighted by Gasteiger charge is -2.10. The molecular formula is C10H16N4. The molecule has 0 saturated heterocycles. The van der Waals surface area contributed by atoms with Crippen LogP contribution in [0.25, 0.3) is 0 Å². The van der Waals surface area contributed by atoms with Gasteiger partial charge in [0.25, 0.3) is 0 Å². The Morgan fingerprint density at radius 1 is 1.71 bits per heavy atom. The first-order valence-corrected chi connectivity index (χ1v) is 4.75. The predicted octanol–water partition coefficient (Wildman–Crippen LogP) is 0.603. The van der Waals surface area contributed by atoms with Crippen molar-refractivity contribution in [1.29, 1.82) is 0 Å². The van der Waals surface area contributed by atoms with Gasteiger partial charge in [0.15, 0.2) is 0 Å². The van der Waals surface area contributed by atoms with Crippen LogP contribution in [0.1, 0.15) is 31.3 Å². The normalized spacial score (nSPS) is 12.4. The third-order valence-electron chi connectivity index (χ3n) is 2.15. The molecule has 0 aliphatic rings. The average Bonchev–Trinajstić information content (AvgIpc) is 2.63. The van der Waals surface area contributed by atoms with E-state index in [4.69, 9.17) is 12.3 Å². The van der Waals surface area contributed by atoms with E-state index >= 15 is 0 Å². The Morgan fingerprint density at radius 2 is 2.43 bits per heavy atom. The molecule has 4 heteroatoms. The maximum atomic E-state index is 5.36. The van der Waals surface area contributed by atoms with Crippen molar-refractivity contribution in [3.05, 3.63) is 17.5 Å². The van der Waals surface area contributed by atoms with E-state index in [0.29, 0.717) is 0 Å². The van der Waals surface area contributed by atoms with E-state index in [1.165, 1.54) is 0 Å². The maximum absolute atomic E-state index is 5.36. The van der Waals surface area contributed by atoms with Crippen LogP contribution in [0.15, 0.2) is 6.07 Å². The van der Waals surface area contributed by atoms with Crippen molar-refractivity contribution in [2.45, 2.75) is 32.9 Å².